The van der Waals surface area contributed by atoms with Crippen molar-refractivity contribution < 1.29 is 0 Å². The highest BCUT2D eigenvalue weighted by molar-refractivity contribution is 5.85. The van der Waals surface area contributed by atoms with Crippen LogP contribution in [-0.2, 0) is 12.8 Å². The molecule has 0 amide bonds. The number of benzene rings is 2. The Morgan fingerprint density at radius 2 is 1.48 bits per heavy atom. The normalized spacial score (nSPS) is 13.5. The van der Waals surface area contributed by atoms with Crippen molar-refractivity contribution in [2.45, 2.75) is 39.0 Å². The van der Waals surface area contributed by atoms with Crippen LogP contribution in [0.3, 0.4) is 0 Å². The smallest absolute Gasteiger partial charge is 0.102 e. The zero-order chi connectivity index (χ0) is 16.4. The minimum absolute atomic E-state index is 0.339. The van der Waals surface area contributed by atoms with E-state index < -0.39 is 0 Å². The third-order valence-electron chi connectivity index (χ3n) is 4.67. The predicted molar refractivity (Wildman–Crippen MR) is 91.7 cm³/mol. The fourth-order valence-electron chi connectivity index (χ4n) is 3.49. The Kier molecular flexibility index (Phi) is 4.04. The van der Waals surface area contributed by atoms with Crippen LogP contribution >= 0.6 is 0 Å². The van der Waals surface area contributed by atoms with Gasteiger partial charge in [0.05, 0.1) is 16.8 Å². The maximum atomic E-state index is 9.67. The topological polar surface area (TPSA) is 73.6 Å². The first-order valence-corrected chi connectivity index (χ1v) is 8.01. The molecule has 2 aromatic rings. The highest BCUT2D eigenvalue weighted by atomic mass is 14.6. The van der Waals surface area contributed by atoms with Crippen molar-refractivity contribution in [1.82, 2.24) is 0 Å². The zero-order valence-electron chi connectivity index (χ0n) is 13.3. The van der Waals surface area contributed by atoms with E-state index in [0.29, 0.717) is 16.8 Å². The number of hydrogen-bond donors (Lipinski definition) is 1. The third-order valence-corrected chi connectivity index (χ3v) is 4.67. The Hall–Kier alpha value is -2.78. The van der Waals surface area contributed by atoms with E-state index in [2.05, 4.69) is 12.1 Å². The van der Waals surface area contributed by atoms with Gasteiger partial charge in [0.1, 0.15) is 12.1 Å². The Balaban J connectivity index is 2.38. The van der Waals surface area contributed by atoms with E-state index in [1.807, 2.05) is 31.2 Å². The molecule has 0 aliphatic heterocycles. The largest absolute Gasteiger partial charge is 0.397 e. The molecule has 3 nitrogen and oxygen atoms in total. The molecule has 0 radical (unpaired) electrons. The molecule has 0 heterocycles. The predicted octanol–water partition coefficient (Wildman–Crippen LogP) is 4.26. The van der Waals surface area contributed by atoms with Crippen LogP contribution in [0, 0.1) is 29.6 Å². The van der Waals surface area contributed by atoms with E-state index in [4.69, 9.17) is 5.73 Å². The summed E-state index contributed by atoms with van der Waals surface area (Å²) in [4.78, 5) is 0. The van der Waals surface area contributed by atoms with Crippen LogP contribution < -0.4 is 5.73 Å². The summed E-state index contributed by atoms with van der Waals surface area (Å²) in [6.07, 6.45) is 5.08. The second-order valence-corrected chi connectivity index (χ2v) is 6.15. The Bertz CT molecular complexity index is 833. The summed E-state index contributed by atoms with van der Waals surface area (Å²) in [6.45, 7) is 2.04. The molecule has 23 heavy (non-hydrogen) atoms. The number of nitrogens with zero attached hydrogens (tertiary/aromatic N) is 2. The first-order chi connectivity index (χ1) is 11.2. The minimum atomic E-state index is 0.339. The molecule has 1 aliphatic rings. The van der Waals surface area contributed by atoms with E-state index in [9.17, 15) is 10.5 Å². The van der Waals surface area contributed by atoms with Gasteiger partial charge in [-0.05, 0) is 49.3 Å². The number of rotatable bonds is 1. The van der Waals surface area contributed by atoms with Crippen LogP contribution in [0.15, 0.2) is 24.3 Å². The van der Waals surface area contributed by atoms with Crippen LogP contribution in [0.25, 0.3) is 11.1 Å². The Morgan fingerprint density at radius 3 is 2.09 bits per heavy atom. The van der Waals surface area contributed by atoms with Gasteiger partial charge in [-0.2, -0.15) is 10.5 Å². The van der Waals surface area contributed by atoms with Crippen molar-refractivity contribution >= 4 is 5.69 Å². The van der Waals surface area contributed by atoms with Gasteiger partial charge in [-0.3, -0.25) is 0 Å². The van der Waals surface area contributed by atoms with Crippen molar-refractivity contribution in [3.8, 4) is 23.3 Å². The van der Waals surface area contributed by atoms with Crippen LogP contribution in [0.1, 0.15) is 47.1 Å². The van der Waals surface area contributed by atoms with Crippen LogP contribution in [0.2, 0.25) is 0 Å². The molecule has 2 aromatic carbocycles. The Labute approximate surface area is 137 Å². The number of nitrogens with two attached hydrogens (primary N) is 1. The van der Waals surface area contributed by atoms with E-state index in [0.717, 1.165) is 54.4 Å². The summed E-state index contributed by atoms with van der Waals surface area (Å²) in [5.74, 6) is 0. The van der Waals surface area contributed by atoms with Crippen LogP contribution in [0.4, 0.5) is 5.69 Å². The average Bonchev–Trinajstić information content (AvgIpc) is 2.80. The molecule has 0 saturated heterocycles. The van der Waals surface area contributed by atoms with Gasteiger partial charge in [-0.25, -0.2) is 0 Å². The van der Waals surface area contributed by atoms with E-state index in [-0.39, 0.29) is 0 Å². The lowest BCUT2D eigenvalue weighted by Crippen LogP contribution is -2.07. The van der Waals surface area contributed by atoms with E-state index in [1.165, 1.54) is 5.56 Å². The summed E-state index contributed by atoms with van der Waals surface area (Å²) >= 11 is 0. The van der Waals surface area contributed by atoms with Gasteiger partial charge in [-0.1, -0.05) is 36.2 Å². The van der Waals surface area contributed by atoms with Crippen molar-refractivity contribution in [2.75, 3.05) is 5.73 Å². The maximum absolute atomic E-state index is 9.67. The van der Waals surface area contributed by atoms with Crippen molar-refractivity contribution in [3.05, 3.63) is 52.1 Å². The van der Waals surface area contributed by atoms with Gasteiger partial charge in [0.25, 0.3) is 0 Å². The van der Waals surface area contributed by atoms with Gasteiger partial charge in [0, 0.05) is 5.56 Å². The molecule has 3 heteroatoms. The van der Waals surface area contributed by atoms with Gasteiger partial charge >= 0.3 is 0 Å². The molecule has 0 unspecified atom stereocenters. The lowest BCUT2D eigenvalue weighted by molar-refractivity contribution is 0.711. The average molecular weight is 301 g/mol. The molecule has 0 atom stereocenters. The lowest BCUT2D eigenvalue weighted by Gasteiger charge is -2.19. The van der Waals surface area contributed by atoms with Crippen molar-refractivity contribution in [3.63, 3.8) is 0 Å². The van der Waals surface area contributed by atoms with Gasteiger partial charge in [-0.15, -0.1) is 0 Å². The number of nitriles is 2. The third kappa shape index (κ3) is 2.56. The van der Waals surface area contributed by atoms with Crippen molar-refractivity contribution in [2.24, 2.45) is 0 Å². The van der Waals surface area contributed by atoms with Crippen molar-refractivity contribution in [1.29, 1.82) is 10.5 Å². The summed E-state index contributed by atoms with van der Waals surface area (Å²) in [5.41, 5.74) is 12.8. The fourth-order valence-corrected chi connectivity index (χ4v) is 3.49. The molecule has 0 saturated carbocycles. The van der Waals surface area contributed by atoms with Gasteiger partial charge in [0.15, 0.2) is 0 Å². The lowest BCUT2D eigenvalue weighted by atomic mass is 9.84. The SMILES string of the molecule is Cc1ccc(-c2c(C#N)c(N)c(C#N)c3c2CCCCC3)cc1. The van der Waals surface area contributed by atoms with Gasteiger partial charge < -0.3 is 5.73 Å². The van der Waals surface area contributed by atoms with E-state index in [1.54, 1.807) is 0 Å². The van der Waals surface area contributed by atoms with Crippen LogP contribution in [0.5, 0.6) is 0 Å². The monoisotopic (exact) mass is 301 g/mol. The summed E-state index contributed by atoms with van der Waals surface area (Å²) < 4.78 is 0. The maximum Gasteiger partial charge on any atom is 0.102 e. The number of nitrogen functional groups attached to an aromatic ring is 1. The molecular formula is C20H19N3. The highest BCUT2D eigenvalue weighted by Crippen LogP contribution is 2.39. The quantitative estimate of drug-likeness (QED) is 0.632. The first-order valence-electron chi connectivity index (χ1n) is 8.01. The molecule has 0 fully saturated rings. The highest BCUT2D eigenvalue weighted by Gasteiger charge is 2.24. The molecule has 1 aliphatic carbocycles. The molecular weight excluding hydrogens is 282 g/mol. The number of fused-ring (bicyclic) bond motifs is 1. The number of aryl methyl sites for hydroxylation is 1. The second kappa shape index (κ2) is 6.15. The first kappa shape index (κ1) is 15.1. The minimum Gasteiger partial charge on any atom is -0.397 e. The molecule has 2 N–H and O–H groups in total. The second-order valence-electron chi connectivity index (χ2n) is 6.15. The van der Waals surface area contributed by atoms with E-state index >= 15 is 0 Å². The fraction of sp³-hybridized carbons (Fsp3) is 0.300. The standard InChI is InChI=1S/C20H19N3/c1-13-7-9-14(10-8-13)19-16-6-4-2-3-5-15(16)17(11-21)20(23)18(19)12-22/h7-10H,2-6,23H2,1H3. The van der Waals surface area contributed by atoms with Crippen LogP contribution in [-0.4, -0.2) is 0 Å². The molecule has 0 bridgehead atoms. The summed E-state index contributed by atoms with van der Waals surface area (Å²) in [6, 6.07) is 12.7. The Morgan fingerprint density at radius 1 is 0.870 bits per heavy atom. The molecule has 114 valence electrons. The van der Waals surface area contributed by atoms with Gasteiger partial charge in [0.2, 0.25) is 0 Å². The number of anilines is 1. The number of hydrogen-bond acceptors (Lipinski definition) is 3. The molecule has 3 rings (SSSR count). The summed E-state index contributed by atoms with van der Waals surface area (Å²) in [5, 5.41) is 19.2. The summed E-state index contributed by atoms with van der Waals surface area (Å²) in [7, 11) is 0. The zero-order valence-corrected chi connectivity index (χ0v) is 13.3. The molecule has 0 aromatic heterocycles. The molecule has 0 spiro atoms.